The predicted molar refractivity (Wildman–Crippen MR) is 85.1 cm³/mol. The van der Waals surface area contributed by atoms with Crippen LogP contribution in [0, 0.1) is 0 Å². The molecule has 0 fully saturated rings. The van der Waals surface area contributed by atoms with E-state index in [4.69, 9.17) is 4.74 Å². The molecule has 0 bridgehead atoms. The molecule has 0 aliphatic rings. The van der Waals surface area contributed by atoms with Gasteiger partial charge < -0.3 is 14.6 Å². The molecule has 0 amide bonds. The van der Waals surface area contributed by atoms with E-state index < -0.39 is 0 Å². The molecule has 112 valence electrons. The molecule has 2 aromatic heterocycles. The van der Waals surface area contributed by atoms with Gasteiger partial charge in [0.2, 0.25) is 5.88 Å². The fourth-order valence-electron chi connectivity index (χ4n) is 2.19. The summed E-state index contributed by atoms with van der Waals surface area (Å²) in [4.78, 5) is 12.1. The second kappa shape index (κ2) is 5.85. The molecular weight excluding hydrogens is 280 g/mol. The number of methoxy groups -OCH3 is 1. The van der Waals surface area contributed by atoms with Gasteiger partial charge in [-0.1, -0.05) is 6.07 Å². The minimum absolute atomic E-state index is 0.00890. The van der Waals surface area contributed by atoms with Crippen molar-refractivity contribution < 1.29 is 4.74 Å². The molecule has 0 spiro atoms. The summed E-state index contributed by atoms with van der Waals surface area (Å²) in [7, 11) is 3.30. The molecule has 0 saturated carbocycles. The normalized spacial score (nSPS) is 10.6. The quantitative estimate of drug-likeness (QED) is 0.797. The molecule has 2 heterocycles. The summed E-state index contributed by atoms with van der Waals surface area (Å²) < 4.78 is 6.54. The molecule has 0 atom stereocenters. The molecule has 6 nitrogen and oxygen atoms in total. The molecule has 3 aromatic rings. The Labute approximate surface area is 127 Å². The molecule has 0 radical (unpaired) electrons. The number of benzene rings is 1. The molecule has 0 unspecified atom stereocenters. The highest BCUT2D eigenvalue weighted by Gasteiger charge is 2.03. The van der Waals surface area contributed by atoms with E-state index in [0.29, 0.717) is 17.8 Å². The van der Waals surface area contributed by atoms with Gasteiger partial charge in [-0.05, 0) is 29.7 Å². The Morgan fingerprint density at radius 3 is 2.77 bits per heavy atom. The van der Waals surface area contributed by atoms with Crippen molar-refractivity contribution in [2.24, 2.45) is 7.05 Å². The van der Waals surface area contributed by atoms with E-state index in [1.807, 2.05) is 30.3 Å². The van der Waals surface area contributed by atoms with Crippen molar-refractivity contribution in [1.29, 1.82) is 0 Å². The molecule has 1 N–H and O–H groups in total. The second-order valence-corrected chi connectivity index (χ2v) is 4.95. The maximum Gasteiger partial charge on any atom is 0.258 e. The zero-order chi connectivity index (χ0) is 15.5. The number of rotatable bonds is 4. The SMILES string of the molecule is COc1ccc(CNc2ccc3ccn(C)c(=O)c3c2)nn1. The maximum absolute atomic E-state index is 12.1. The zero-order valence-electron chi connectivity index (χ0n) is 12.4. The highest BCUT2D eigenvalue weighted by Crippen LogP contribution is 2.16. The van der Waals surface area contributed by atoms with E-state index in [9.17, 15) is 4.79 Å². The number of aryl methyl sites for hydroxylation is 1. The van der Waals surface area contributed by atoms with Gasteiger partial charge in [-0.3, -0.25) is 4.79 Å². The van der Waals surface area contributed by atoms with Gasteiger partial charge in [0.1, 0.15) is 0 Å². The predicted octanol–water partition coefficient (Wildman–Crippen LogP) is 1.95. The van der Waals surface area contributed by atoms with Gasteiger partial charge in [0.15, 0.2) is 0 Å². The first-order valence-corrected chi connectivity index (χ1v) is 6.87. The number of hydrogen-bond acceptors (Lipinski definition) is 5. The second-order valence-electron chi connectivity index (χ2n) is 4.95. The van der Waals surface area contributed by atoms with Crippen LogP contribution in [0.25, 0.3) is 10.8 Å². The van der Waals surface area contributed by atoms with Crippen molar-refractivity contribution >= 4 is 16.5 Å². The first-order valence-electron chi connectivity index (χ1n) is 6.87. The van der Waals surface area contributed by atoms with E-state index in [-0.39, 0.29) is 5.56 Å². The van der Waals surface area contributed by atoms with Gasteiger partial charge in [0.25, 0.3) is 5.56 Å². The van der Waals surface area contributed by atoms with Gasteiger partial charge in [-0.2, -0.15) is 5.10 Å². The largest absolute Gasteiger partial charge is 0.480 e. The van der Waals surface area contributed by atoms with Crippen LogP contribution in [0.4, 0.5) is 5.69 Å². The summed E-state index contributed by atoms with van der Waals surface area (Å²) >= 11 is 0. The Bertz CT molecular complexity index is 856. The van der Waals surface area contributed by atoms with Crippen LogP contribution in [-0.2, 0) is 13.6 Å². The molecule has 22 heavy (non-hydrogen) atoms. The monoisotopic (exact) mass is 296 g/mol. The molecular formula is C16H16N4O2. The van der Waals surface area contributed by atoms with Crippen LogP contribution in [-0.4, -0.2) is 21.9 Å². The van der Waals surface area contributed by atoms with Crippen LogP contribution in [0.3, 0.4) is 0 Å². The number of hydrogen-bond donors (Lipinski definition) is 1. The topological polar surface area (TPSA) is 69.0 Å². The van der Waals surface area contributed by atoms with E-state index in [1.165, 1.54) is 0 Å². The van der Waals surface area contributed by atoms with Crippen LogP contribution in [0.2, 0.25) is 0 Å². The standard InChI is InChI=1S/C16H16N4O2/c1-20-8-7-11-3-4-12(9-14(11)16(20)21)17-10-13-5-6-15(22-2)19-18-13/h3-9,17H,10H2,1-2H3. The molecule has 0 aliphatic carbocycles. The van der Waals surface area contributed by atoms with E-state index in [2.05, 4.69) is 15.5 Å². The summed E-state index contributed by atoms with van der Waals surface area (Å²) in [6.45, 7) is 0.523. The van der Waals surface area contributed by atoms with E-state index in [0.717, 1.165) is 16.8 Å². The van der Waals surface area contributed by atoms with E-state index in [1.54, 1.807) is 31.0 Å². The number of anilines is 1. The first kappa shape index (κ1) is 14.1. The maximum atomic E-state index is 12.1. The summed E-state index contributed by atoms with van der Waals surface area (Å²) in [5.74, 6) is 0.484. The van der Waals surface area contributed by atoms with Crippen LogP contribution in [0.15, 0.2) is 47.4 Å². The summed E-state index contributed by atoms with van der Waals surface area (Å²) in [6.07, 6.45) is 1.77. The van der Waals surface area contributed by atoms with Crippen LogP contribution in [0.5, 0.6) is 5.88 Å². The lowest BCUT2D eigenvalue weighted by Crippen LogP contribution is -2.15. The zero-order valence-corrected chi connectivity index (χ0v) is 12.4. The van der Waals surface area contributed by atoms with Gasteiger partial charge in [0.05, 0.1) is 19.3 Å². The highest BCUT2D eigenvalue weighted by molar-refractivity contribution is 5.84. The fourth-order valence-corrected chi connectivity index (χ4v) is 2.19. The van der Waals surface area contributed by atoms with Crippen LogP contribution < -0.4 is 15.6 Å². The molecule has 0 aliphatic heterocycles. The number of pyridine rings is 1. The Morgan fingerprint density at radius 2 is 2.05 bits per heavy atom. The lowest BCUT2D eigenvalue weighted by molar-refractivity contribution is 0.391. The van der Waals surface area contributed by atoms with Crippen molar-refractivity contribution in [2.75, 3.05) is 12.4 Å². The third-order valence-corrected chi connectivity index (χ3v) is 3.46. The summed E-state index contributed by atoms with van der Waals surface area (Å²) in [5, 5.41) is 12.8. The van der Waals surface area contributed by atoms with Crippen molar-refractivity contribution in [1.82, 2.24) is 14.8 Å². The van der Waals surface area contributed by atoms with Crippen LogP contribution >= 0.6 is 0 Å². The number of nitrogens with one attached hydrogen (secondary N) is 1. The average molecular weight is 296 g/mol. The third kappa shape index (κ3) is 2.76. The lowest BCUT2D eigenvalue weighted by atomic mass is 10.1. The average Bonchev–Trinajstić information content (AvgIpc) is 2.57. The number of fused-ring (bicyclic) bond motifs is 1. The first-order chi connectivity index (χ1) is 10.7. The summed E-state index contributed by atoms with van der Waals surface area (Å²) in [6, 6.07) is 11.3. The van der Waals surface area contributed by atoms with Crippen molar-refractivity contribution in [3.63, 3.8) is 0 Å². The molecule has 0 saturated heterocycles. The van der Waals surface area contributed by atoms with Gasteiger partial charge in [0, 0.05) is 30.4 Å². The molecule has 3 rings (SSSR count). The lowest BCUT2D eigenvalue weighted by Gasteiger charge is -2.08. The number of nitrogens with zero attached hydrogens (tertiary/aromatic N) is 3. The Kier molecular flexibility index (Phi) is 3.74. The fraction of sp³-hybridized carbons (Fsp3) is 0.188. The molecule has 6 heteroatoms. The Balaban J connectivity index is 1.81. The number of ether oxygens (including phenoxy) is 1. The van der Waals surface area contributed by atoms with Gasteiger partial charge >= 0.3 is 0 Å². The Morgan fingerprint density at radius 1 is 1.18 bits per heavy atom. The minimum atomic E-state index is -0.00890. The van der Waals surface area contributed by atoms with Crippen molar-refractivity contribution in [3.8, 4) is 5.88 Å². The minimum Gasteiger partial charge on any atom is -0.480 e. The van der Waals surface area contributed by atoms with Crippen molar-refractivity contribution in [2.45, 2.75) is 6.54 Å². The summed E-state index contributed by atoms with van der Waals surface area (Å²) in [5.41, 5.74) is 1.65. The Hall–Kier alpha value is -2.89. The van der Waals surface area contributed by atoms with Crippen molar-refractivity contribution in [3.05, 3.63) is 58.6 Å². The van der Waals surface area contributed by atoms with Gasteiger partial charge in [-0.15, -0.1) is 5.10 Å². The van der Waals surface area contributed by atoms with Crippen LogP contribution in [0.1, 0.15) is 5.69 Å². The smallest absolute Gasteiger partial charge is 0.258 e. The molecule has 1 aromatic carbocycles. The number of aromatic nitrogens is 3. The third-order valence-electron chi connectivity index (χ3n) is 3.46. The highest BCUT2D eigenvalue weighted by atomic mass is 16.5. The van der Waals surface area contributed by atoms with Gasteiger partial charge in [-0.25, -0.2) is 0 Å². The van der Waals surface area contributed by atoms with E-state index >= 15 is 0 Å².